The predicted molar refractivity (Wildman–Crippen MR) is 91.4 cm³/mol. The number of rotatable bonds is 9. The molecule has 1 atom stereocenters. The van der Waals surface area contributed by atoms with Crippen molar-refractivity contribution in [2.45, 2.75) is 83.0 Å². The van der Waals surface area contributed by atoms with E-state index in [1.54, 1.807) is 0 Å². The van der Waals surface area contributed by atoms with Crippen molar-refractivity contribution in [3.8, 4) is 0 Å². The smallest absolute Gasteiger partial charge is 0.330 e. The third-order valence-electron chi connectivity index (χ3n) is 2.97. The first kappa shape index (κ1) is 21.9. The maximum absolute atomic E-state index is 9.99. The van der Waals surface area contributed by atoms with E-state index in [0.717, 1.165) is 6.42 Å². The Morgan fingerprint density at radius 2 is 1.80 bits per heavy atom. The number of alkyl halides is 1. The Balaban J connectivity index is 0. The summed E-state index contributed by atoms with van der Waals surface area (Å²) in [5.41, 5.74) is 6.17. The van der Waals surface area contributed by atoms with Crippen LogP contribution < -0.4 is 5.73 Å². The van der Waals surface area contributed by atoms with E-state index in [0.29, 0.717) is 16.8 Å². The molecule has 0 saturated heterocycles. The van der Waals surface area contributed by atoms with Gasteiger partial charge in [-0.3, -0.25) is 0 Å². The van der Waals surface area contributed by atoms with Gasteiger partial charge in [-0.15, -0.1) is 0 Å². The Bertz CT molecular complexity index is 272. The number of unbranched alkanes of at least 4 members (excludes halogenated alkanes) is 3. The van der Waals surface area contributed by atoms with Crippen molar-refractivity contribution in [1.29, 1.82) is 0 Å². The molecule has 0 aliphatic heterocycles. The average Bonchev–Trinajstić information content (AvgIpc) is 2.34. The molecule has 0 aliphatic carbocycles. The van der Waals surface area contributed by atoms with Gasteiger partial charge in [0.15, 0.2) is 0 Å². The summed E-state index contributed by atoms with van der Waals surface area (Å²) in [7, 11) is 0. The second kappa shape index (κ2) is 12.4. The molecule has 0 rings (SSSR count). The van der Waals surface area contributed by atoms with Gasteiger partial charge < -0.3 is 10.8 Å². The van der Waals surface area contributed by atoms with Crippen LogP contribution in [0.15, 0.2) is 12.2 Å². The summed E-state index contributed by atoms with van der Waals surface area (Å²) in [6.45, 7) is 11.7. The number of aliphatic carboxylic acids is 1. The fourth-order valence-corrected chi connectivity index (χ4v) is 1.85. The number of halogens is 1. The van der Waals surface area contributed by atoms with Crippen LogP contribution in [0.5, 0.6) is 0 Å². The largest absolute Gasteiger partial charge is 0.478 e. The van der Waals surface area contributed by atoms with Gasteiger partial charge in [-0.05, 0) is 26.7 Å². The summed E-state index contributed by atoms with van der Waals surface area (Å²) in [4.78, 5) is 10.4. The Labute approximate surface area is 133 Å². The Morgan fingerprint density at radius 3 is 2.10 bits per heavy atom. The lowest BCUT2D eigenvalue weighted by Gasteiger charge is -2.25. The van der Waals surface area contributed by atoms with Gasteiger partial charge in [0.2, 0.25) is 0 Å². The van der Waals surface area contributed by atoms with Crippen molar-refractivity contribution in [1.82, 2.24) is 0 Å². The fraction of sp³-hybridized carbons (Fsp3) is 0.812. The maximum Gasteiger partial charge on any atom is 0.330 e. The molecule has 0 bridgehead atoms. The molecule has 4 heteroatoms. The van der Waals surface area contributed by atoms with E-state index in [-0.39, 0.29) is 5.54 Å². The molecule has 1 unspecified atom stereocenters. The highest BCUT2D eigenvalue weighted by Crippen LogP contribution is 2.21. The highest BCUT2D eigenvalue weighted by Gasteiger charge is 2.21. The van der Waals surface area contributed by atoms with Crippen molar-refractivity contribution in [2.75, 3.05) is 0 Å². The highest BCUT2D eigenvalue weighted by atomic mass is 79.9. The molecule has 0 aromatic carbocycles. The van der Waals surface area contributed by atoms with E-state index in [1.165, 1.54) is 32.1 Å². The van der Waals surface area contributed by atoms with Crippen LogP contribution in [0, 0.1) is 0 Å². The topological polar surface area (TPSA) is 63.3 Å². The lowest BCUT2D eigenvalue weighted by Crippen LogP contribution is -2.41. The third-order valence-corrected chi connectivity index (χ3v) is 4.61. The molecule has 0 aromatic rings. The molecule has 0 spiro atoms. The van der Waals surface area contributed by atoms with Gasteiger partial charge >= 0.3 is 5.97 Å². The van der Waals surface area contributed by atoms with E-state index in [1.807, 2.05) is 6.92 Å². The molecule has 0 aliphatic rings. The maximum atomic E-state index is 9.99. The highest BCUT2D eigenvalue weighted by molar-refractivity contribution is 9.09. The van der Waals surface area contributed by atoms with Gasteiger partial charge in [0.25, 0.3) is 0 Å². The minimum atomic E-state index is -0.883. The number of carboxylic acid groups (broad SMARTS) is 1. The predicted octanol–water partition coefficient (Wildman–Crippen LogP) is 4.88. The number of hydrogen-bond acceptors (Lipinski definition) is 2. The first-order valence-corrected chi connectivity index (χ1v) is 8.42. The molecule has 0 aromatic heterocycles. The molecule has 3 N–H and O–H groups in total. The first-order chi connectivity index (χ1) is 9.16. The minimum Gasteiger partial charge on any atom is -0.478 e. The van der Waals surface area contributed by atoms with Gasteiger partial charge in [0, 0.05) is 15.9 Å². The number of hydrogen-bond donors (Lipinski definition) is 2. The van der Waals surface area contributed by atoms with Crippen molar-refractivity contribution < 1.29 is 9.90 Å². The SMILES string of the molecule is C=C(CCC)C(=O)O.CCCCCCC(Br)C(C)(C)N. The lowest BCUT2D eigenvalue weighted by atomic mass is 9.97. The Hall–Kier alpha value is -0.350. The second-order valence-corrected chi connectivity index (χ2v) is 6.90. The van der Waals surface area contributed by atoms with Gasteiger partial charge in [-0.2, -0.15) is 0 Å². The molecule has 0 amide bonds. The van der Waals surface area contributed by atoms with Gasteiger partial charge in [0.1, 0.15) is 0 Å². The van der Waals surface area contributed by atoms with Gasteiger partial charge in [0.05, 0.1) is 0 Å². The van der Waals surface area contributed by atoms with Gasteiger partial charge in [-0.25, -0.2) is 4.79 Å². The minimum absolute atomic E-state index is 0.0772. The monoisotopic (exact) mass is 349 g/mol. The van der Waals surface area contributed by atoms with Crippen LogP contribution in [0.25, 0.3) is 0 Å². The zero-order valence-corrected chi connectivity index (χ0v) is 15.1. The zero-order chi connectivity index (χ0) is 16.2. The first-order valence-electron chi connectivity index (χ1n) is 7.50. The average molecular weight is 350 g/mol. The second-order valence-electron chi connectivity index (χ2n) is 5.80. The number of carboxylic acids is 1. The van der Waals surface area contributed by atoms with Crippen LogP contribution in [0.2, 0.25) is 0 Å². The normalized spacial score (nSPS) is 12.3. The van der Waals surface area contributed by atoms with Crippen LogP contribution in [0.1, 0.15) is 72.6 Å². The quantitative estimate of drug-likeness (QED) is 0.354. The fourth-order valence-electron chi connectivity index (χ4n) is 1.53. The summed E-state index contributed by atoms with van der Waals surface area (Å²) >= 11 is 3.63. The summed E-state index contributed by atoms with van der Waals surface area (Å²) in [6.07, 6.45) is 7.94. The summed E-state index contributed by atoms with van der Waals surface area (Å²) in [6, 6.07) is 0. The number of nitrogens with two attached hydrogens (primary N) is 1. The molecule has 0 heterocycles. The van der Waals surface area contributed by atoms with Crippen molar-refractivity contribution in [2.24, 2.45) is 5.73 Å². The molecule has 0 saturated carbocycles. The van der Waals surface area contributed by atoms with Crippen LogP contribution in [0.3, 0.4) is 0 Å². The van der Waals surface area contributed by atoms with Crippen LogP contribution in [0.4, 0.5) is 0 Å². The van der Waals surface area contributed by atoms with Gasteiger partial charge in [-0.1, -0.05) is 68.5 Å². The van der Waals surface area contributed by atoms with E-state index in [2.05, 4.69) is 43.3 Å². The Morgan fingerprint density at radius 1 is 1.25 bits per heavy atom. The van der Waals surface area contributed by atoms with Crippen molar-refractivity contribution in [3.63, 3.8) is 0 Å². The van der Waals surface area contributed by atoms with Crippen molar-refractivity contribution in [3.05, 3.63) is 12.2 Å². The van der Waals surface area contributed by atoms with Crippen molar-refractivity contribution >= 4 is 21.9 Å². The van der Waals surface area contributed by atoms with E-state index in [9.17, 15) is 4.79 Å². The zero-order valence-electron chi connectivity index (χ0n) is 13.5. The van der Waals surface area contributed by atoms with Crippen LogP contribution in [-0.4, -0.2) is 21.4 Å². The molecule has 0 radical (unpaired) electrons. The molecule has 0 fully saturated rings. The van der Waals surface area contributed by atoms with E-state index >= 15 is 0 Å². The standard InChI is InChI=1S/C10H22BrN.C6H10O2/c1-4-5-6-7-8-9(11)10(2,3)12;1-3-4-5(2)6(7)8/h9H,4-8,12H2,1-3H3;2-4H2,1H3,(H,7,8). The molecular weight excluding hydrogens is 318 g/mol. The molecule has 120 valence electrons. The number of carbonyl (C=O) groups is 1. The van der Waals surface area contributed by atoms with Crippen LogP contribution in [-0.2, 0) is 4.79 Å². The molecule has 3 nitrogen and oxygen atoms in total. The Kier molecular flexibility index (Phi) is 13.6. The summed E-state index contributed by atoms with van der Waals surface area (Å²) in [5.74, 6) is -0.883. The van der Waals surface area contributed by atoms with E-state index in [4.69, 9.17) is 10.8 Å². The van der Waals surface area contributed by atoms with E-state index < -0.39 is 5.97 Å². The van der Waals surface area contributed by atoms with Crippen LogP contribution >= 0.6 is 15.9 Å². The lowest BCUT2D eigenvalue weighted by molar-refractivity contribution is -0.132. The molecular formula is C16H32BrNO2. The third kappa shape index (κ3) is 14.1. The molecule has 20 heavy (non-hydrogen) atoms. The summed E-state index contributed by atoms with van der Waals surface area (Å²) < 4.78 is 0. The summed E-state index contributed by atoms with van der Waals surface area (Å²) in [5, 5.41) is 8.21.